The summed E-state index contributed by atoms with van der Waals surface area (Å²) in [4.78, 5) is 0. The summed E-state index contributed by atoms with van der Waals surface area (Å²) >= 11 is 0. The Hall–Kier alpha value is -2.22. The summed E-state index contributed by atoms with van der Waals surface area (Å²) in [5, 5.41) is 0. The van der Waals surface area contributed by atoms with Gasteiger partial charge in [0.05, 0.1) is 13.2 Å². The maximum Gasteiger partial charge on any atom is 0.164 e. The first-order chi connectivity index (χ1) is 14.3. The minimum absolute atomic E-state index is 0.749. The van der Waals surface area contributed by atoms with Gasteiger partial charge in [0.2, 0.25) is 0 Å². The number of unbranched alkanes of at least 4 members (excludes halogenated alkanes) is 6. The predicted molar refractivity (Wildman–Crippen MR) is 126 cm³/mol. The molecule has 0 N–H and O–H groups in total. The Bertz CT molecular complexity index is 719. The molecule has 0 atom stereocenters. The van der Waals surface area contributed by atoms with Crippen molar-refractivity contribution in [3.8, 4) is 11.5 Å². The van der Waals surface area contributed by atoms with Crippen LogP contribution in [-0.4, -0.2) is 13.2 Å². The largest absolute Gasteiger partial charge is 0.490 e. The molecule has 0 fully saturated rings. The van der Waals surface area contributed by atoms with Gasteiger partial charge in [0, 0.05) is 5.56 Å². The summed E-state index contributed by atoms with van der Waals surface area (Å²) in [5.41, 5.74) is 3.53. The molecule has 0 aliphatic carbocycles. The zero-order valence-electron chi connectivity index (χ0n) is 18.6. The molecule has 2 aromatic carbocycles. The fourth-order valence-corrected chi connectivity index (χ4v) is 3.32. The minimum Gasteiger partial charge on any atom is -0.490 e. The summed E-state index contributed by atoms with van der Waals surface area (Å²) in [6.07, 6.45) is 14.0. The van der Waals surface area contributed by atoms with Gasteiger partial charge in [-0.05, 0) is 37.0 Å². The topological polar surface area (TPSA) is 18.5 Å². The van der Waals surface area contributed by atoms with Crippen LogP contribution in [0.2, 0.25) is 0 Å². The van der Waals surface area contributed by atoms with Crippen LogP contribution in [0.15, 0.2) is 42.5 Å². The van der Waals surface area contributed by atoms with Crippen LogP contribution in [0.25, 0.3) is 12.2 Å². The van der Waals surface area contributed by atoms with Crippen molar-refractivity contribution in [2.24, 2.45) is 0 Å². The first-order valence-corrected chi connectivity index (χ1v) is 11.4. The van der Waals surface area contributed by atoms with Crippen LogP contribution in [0.5, 0.6) is 11.5 Å². The second kappa shape index (κ2) is 13.9. The molecule has 2 nitrogen and oxygen atoms in total. The van der Waals surface area contributed by atoms with Gasteiger partial charge in [-0.25, -0.2) is 0 Å². The van der Waals surface area contributed by atoms with E-state index in [1.807, 2.05) is 6.07 Å². The van der Waals surface area contributed by atoms with Crippen LogP contribution >= 0.6 is 0 Å². The molecule has 0 aromatic heterocycles. The normalized spacial score (nSPS) is 11.1. The fourth-order valence-electron chi connectivity index (χ4n) is 3.32. The van der Waals surface area contributed by atoms with Crippen molar-refractivity contribution >= 4 is 12.2 Å². The monoisotopic (exact) mass is 394 g/mol. The molecule has 2 rings (SSSR count). The maximum atomic E-state index is 6.23. The van der Waals surface area contributed by atoms with Gasteiger partial charge in [0.1, 0.15) is 0 Å². The van der Waals surface area contributed by atoms with Gasteiger partial charge in [-0.2, -0.15) is 0 Å². The average Bonchev–Trinajstić information content (AvgIpc) is 2.75. The third-order valence-electron chi connectivity index (χ3n) is 5.17. The maximum absolute atomic E-state index is 6.23. The second-order valence-corrected chi connectivity index (χ2v) is 7.67. The lowest BCUT2D eigenvalue weighted by Crippen LogP contribution is -2.05. The molecule has 0 aliphatic heterocycles. The Kier molecular flexibility index (Phi) is 11.0. The van der Waals surface area contributed by atoms with E-state index in [-0.39, 0.29) is 0 Å². The van der Waals surface area contributed by atoms with Crippen molar-refractivity contribution in [1.82, 2.24) is 0 Å². The first-order valence-electron chi connectivity index (χ1n) is 11.4. The third-order valence-corrected chi connectivity index (χ3v) is 5.17. The van der Waals surface area contributed by atoms with Crippen LogP contribution in [-0.2, 0) is 0 Å². The molecular formula is C27H38O2. The van der Waals surface area contributed by atoms with Crippen molar-refractivity contribution in [1.29, 1.82) is 0 Å². The molecule has 0 saturated carbocycles. The second-order valence-electron chi connectivity index (χ2n) is 7.67. The number of hydrogen-bond donors (Lipinski definition) is 0. The summed E-state index contributed by atoms with van der Waals surface area (Å²) < 4.78 is 12.3. The standard InChI is InChI=1S/C27H38O2/c1-4-6-8-13-21-28-26-20-19-25(18-17-24-15-11-10-12-16-24)23(3)27(26)29-22-14-9-7-5-2/h10-12,15-20H,4-9,13-14,21-22H2,1-3H3/b18-17-. The van der Waals surface area contributed by atoms with Crippen LogP contribution in [0.4, 0.5) is 0 Å². The highest BCUT2D eigenvalue weighted by Gasteiger charge is 2.12. The van der Waals surface area contributed by atoms with E-state index in [0.29, 0.717) is 0 Å². The van der Waals surface area contributed by atoms with E-state index < -0.39 is 0 Å². The zero-order valence-corrected chi connectivity index (χ0v) is 18.6. The van der Waals surface area contributed by atoms with Crippen molar-refractivity contribution in [3.63, 3.8) is 0 Å². The number of ether oxygens (including phenoxy) is 2. The lowest BCUT2D eigenvalue weighted by molar-refractivity contribution is 0.257. The van der Waals surface area contributed by atoms with Gasteiger partial charge in [-0.3, -0.25) is 0 Å². The minimum atomic E-state index is 0.749. The summed E-state index contributed by atoms with van der Waals surface area (Å²) in [7, 11) is 0. The van der Waals surface area contributed by atoms with E-state index in [1.165, 1.54) is 49.7 Å². The first kappa shape index (κ1) is 23.1. The lowest BCUT2D eigenvalue weighted by Gasteiger charge is -2.17. The van der Waals surface area contributed by atoms with Crippen LogP contribution in [0.1, 0.15) is 81.9 Å². The average molecular weight is 395 g/mol. The molecule has 0 heterocycles. The number of benzene rings is 2. The molecule has 158 valence electrons. The molecule has 0 aliphatic rings. The Morgan fingerprint density at radius 1 is 0.690 bits per heavy atom. The number of hydrogen-bond acceptors (Lipinski definition) is 2. The van der Waals surface area contributed by atoms with Gasteiger partial charge in [0.15, 0.2) is 11.5 Å². The van der Waals surface area contributed by atoms with Gasteiger partial charge in [-0.1, -0.05) is 101 Å². The van der Waals surface area contributed by atoms with E-state index in [0.717, 1.165) is 43.1 Å². The van der Waals surface area contributed by atoms with Crippen LogP contribution in [0.3, 0.4) is 0 Å². The SMILES string of the molecule is CCCCCCOc1ccc(/C=C\c2ccccc2)c(C)c1OCCCCCC. The molecule has 0 bridgehead atoms. The van der Waals surface area contributed by atoms with E-state index in [1.54, 1.807) is 0 Å². The highest BCUT2D eigenvalue weighted by molar-refractivity contribution is 5.73. The zero-order chi connectivity index (χ0) is 20.7. The van der Waals surface area contributed by atoms with Crippen LogP contribution < -0.4 is 9.47 Å². The summed E-state index contributed by atoms with van der Waals surface area (Å²) in [6.45, 7) is 8.11. The van der Waals surface area contributed by atoms with Gasteiger partial charge in [0.25, 0.3) is 0 Å². The molecule has 2 aromatic rings. The molecule has 0 amide bonds. The van der Waals surface area contributed by atoms with Gasteiger partial charge < -0.3 is 9.47 Å². The third kappa shape index (κ3) is 8.35. The van der Waals surface area contributed by atoms with Crippen molar-refractivity contribution < 1.29 is 9.47 Å². The van der Waals surface area contributed by atoms with Crippen LogP contribution in [0, 0.1) is 6.92 Å². The van der Waals surface area contributed by atoms with Crippen molar-refractivity contribution in [2.75, 3.05) is 13.2 Å². The Morgan fingerprint density at radius 2 is 1.34 bits per heavy atom. The molecule has 0 unspecified atom stereocenters. The molecule has 29 heavy (non-hydrogen) atoms. The smallest absolute Gasteiger partial charge is 0.164 e. The quantitative estimate of drug-likeness (QED) is 0.238. The molecule has 0 radical (unpaired) electrons. The van der Waals surface area contributed by atoms with Crippen molar-refractivity contribution in [2.45, 2.75) is 72.1 Å². The Labute approximate surface area is 178 Å². The fraction of sp³-hybridized carbons (Fsp3) is 0.481. The van der Waals surface area contributed by atoms with E-state index in [9.17, 15) is 0 Å². The Balaban J connectivity index is 2.10. The Morgan fingerprint density at radius 3 is 2.00 bits per heavy atom. The van der Waals surface area contributed by atoms with Gasteiger partial charge in [-0.15, -0.1) is 0 Å². The predicted octanol–water partition coefficient (Wildman–Crippen LogP) is 8.08. The molecule has 0 spiro atoms. The van der Waals surface area contributed by atoms with E-state index in [2.05, 4.69) is 69.3 Å². The highest BCUT2D eigenvalue weighted by atomic mass is 16.5. The van der Waals surface area contributed by atoms with E-state index in [4.69, 9.17) is 9.47 Å². The lowest BCUT2D eigenvalue weighted by atomic mass is 10.0. The number of rotatable bonds is 14. The summed E-state index contributed by atoms with van der Waals surface area (Å²) in [6, 6.07) is 14.6. The van der Waals surface area contributed by atoms with Gasteiger partial charge >= 0.3 is 0 Å². The molecule has 0 saturated heterocycles. The molecule has 2 heteroatoms. The summed E-state index contributed by atoms with van der Waals surface area (Å²) in [5.74, 6) is 1.79. The molecular weight excluding hydrogens is 356 g/mol. The highest BCUT2D eigenvalue weighted by Crippen LogP contribution is 2.34. The van der Waals surface area contributed by atoms with Crippen molar-refractivity contribution in [3.05, 3.63) is 59.2 Å². The van der Waals surface area contributed by atoms with E-state index >= 15 is 0 Å².